The van der Waals surface area contributed by atoms with Crippen molar-refractivity contribution in [1.82, 2.24) is 0 Å². The van der Waals surface area contributed by atoms with Gasteiger partial charge in [0.15, 0.2) is 0 Å². The monoisotopic (exact) mass is 294 g/mol. The van der Waals surface area contributed by atoms with E-state index in [1.165, 1.54) is 10.4 Å². The van der Waals surface area contributed by atoms with E-state index in [2.05, 4.69) is 51.4 Å². The van der Waals surface area contributed by atoms with E-state index in [-0.39, 0.29) is 5.97 Å². The second-order valence-electron chi connectivity index (χ2n) is 6.98. The van der Waals surface area contributed by atoms with Gasteiger partial charge in [-0.05, 0) is 19.1 Å². The van der Waals surface area contributed by atoms with Gasteiger partial charge in [0.1, 0.15) is 0 Å². The first-order valence-corrected chi connectivity index (χ1v) is 13.9. The SMILES string of the molecule is CCOC(=O)c1ccc([Si](C)(C)C)c([Si](C)(C)C)c1. The van der Waals surface area contributed by atoms with Crippen LogP contribution in [0.25, 0.3) is 0 Å². The molecule has 1 rings (SSSR count). The summed E-state index contributed by atoms with van der Waals surface area (Å²) in [6.07, 6.45) is 0. The van der Waals surface area contributed by atoms with Crippen molar-refractivity contribution in [3.05, 3.63) is 23.8 Å². The van der Waals surface area contributed by atoms with E-state index in [1.54, 1.807) is 0 Å². The Morgan fingerprint density at radius 2 is 1.53 bits per heavy atom. The molecule has 0 spiro atoms. The minimum atomic E-state index is -1.46. The van der Waals surface area contributed by atoms with E-state index < -0.39 is 16.1 Å². The largest absolute Gasteiger partial charge is 0.462 e. The average molecular weight is 295 g/mol. The van der Waals surface area contributed by atoms with Crippen LogP contribution in [0.2, 0.25) is 39.3 Å². The van der Waals surface area contributed by atoms with Gasteiger partial charge in [0.25, 0.3) is 0 Å². The summed E-state index contributed by atoms with van der Waals surface area (Å²) in [4.78, 5) is 11.9. The Balaban J connectivity index is 3.36. The Kier molecular flexibility index (Phi) is 4.79. The van der Waals surface area contributed by atoms with Gasteiger partial charge in [-0.25, -0.2) is 4.79 Å². The van der Waals surface area contributed by atoms with Crippen LogP contribution in [-0.2, 0) is 4.74 Å². The van der Waals surface area contributed by atoms with Crippen molar-refractivity contribution in [2.24, 2.45) is 0 Å². The van der Waals surface area contributed by atoms with Crippen LogP contribution in [0, 0.1) is 0 Å². The van der Waals surface area contributed by atoms with Crippen molar-refractivity contribution in [2.45, 2.75) is 46.2 Å². The molecular formula is C15H26O2Si2. The van der Waals surface area contributed by atoms with E-state index in [9.17, 15) is 4.79 Å². The maximum Gasteiger partial charge on any atom is 0.338 e. The van der Waals surface area contributed by atoms with Gasteiger partial charge in [0.05, 0.1) is 28.3 Å². The molecule has 19 heavy (non-hydrogen) atoms. The van der Waals surface area contributed by atoms with Gasteiger partial charge in [-0.3, -0.25) is 0 Å². The fourth-order valence-electron chi connectivity index (χ4n) is 2.16. The number of carbonyl (C=O) groups excluding carboxylic acids is 1. The molecule has 0 atom stereocenters. The lowest BCUT2D eigenvalue weighted by molar-refractivity contribution is 0.0526. The average Bonchev–Trinajstić information content (AvgIpc) is 2.26. The lowest BCUT2D eigenvalue weighted by Crippen LogP contribution is -2.56. The standard InChI is InChI=1S/C15H26O2Si2/c1-8-17-15(16)12-9-10-13(18(2,3)4)14(11-12)19(5,6)7/h9-11H,8H2,1-7H3. The van der Waals surface area contributed by atoms with Gasteiger partial charge in [-0.1, -0.05) is 55.7 Å². The zero-order chi connectivity index (χ0) is 14.8. The summed E-state index contributed by atoms with van der Waals surface area (Å²) in [6, 6.07) is 6.17. The summed E-state index contributed by atoms with van der Waals surface area (Å²) < 4.78 is 5.11. The van der Waals surface area contributed by atoms with Crippen LogP contribution in [0.1, 0.15) is 17.3 Å². The number of hydrogen-bond acceptors (Lipinski definition) is 2. The molecule has 0 saturated carbocycles. The summed E-state index contributed by atoms with van der Waals surface area (Å²) in [5, 5.41) is 2.90. The Bertz CT molecular complexity index is 468. The zero-order valence-corrected chi connectivity index (χ0v) is 15.3. The lowest BCUT2D eigenvalue weighted by Gasteiger charge is -2.28. The predicted molar refractivity (Wildman–Crippen MR) is 88.4 cm³/mol. The van der Waals surface area contributed by atoms with Crippen LogP contribution in [0.15, 0.2) is 18.2 Å². The molecule has 0 unspecified atom stereocenters. The normalized spacial score (nSPS) is 12.4. The van der Waals surface area contributed by atoms with Crippen molar-refractivity contribution in [3.8, 4) is 0 Å². The number of esters is 1. The highest BCUT2D eigenvalue weighted by Crippen LogP contribution is 2.10. The van der Waals surface area contributed by atoms with Gasteiger partial charge < -0.3 is 4.74 Å². The molecule has 0 bridgehead atoms. The molecule has 2 nitrogen and oxygen atoms in total. The van der Waals surface area contributed by atoms with Crippen LogP contribution in [-0.4, -0.2) is 28.7 Å². The van der Waals surface area contributed by atoms with Crippen molar-refractivity contribution in [3.63, 3.8) is 0 Å². The fourth-order valence-corrected chi connectivity index (χ4v) is 7.35. The number of carbonyl (C=O) groups is 1. The zero-order valence-electron chi connectivity index (χ0n) is 13.3. The van der Waals surface area contributed by atoms with Gasteiger partial charge in [-0.2, -0.15) is 0 Å². The first kappa shape index (κ1) is 16.2. The van der Waals surface area contributed by atoms with Crippen LogP contribution < -0.4 is 10.4 Å². The number of benzene rings is 1. The van der Waals surface area contributed by atoms with E-state index in [0.29, 0.717) is 12.2 Å². The first-order chi connectivity index (χ1) is 8.57. The molecule has 0 aliphatic carbocycles. The number of hydrogen-bond donors (Lipinski definition) is 0. The highest BCUT2D eigenvalue weighted by atomic mass is 28.3. The minimum Gasteiger partial charge on any atom is -0.462 e. The maximum atomic E-state index is 11.9. The fraction of sp³-hybridized carbons (Fsp3) is 0.533. The predicted octanol–water partition coefficient (Wildman–Crippen LogP) is 2.95. The van der Waals surface area contributed by atoms with Gasteiger partial charge in [0.2, 0.25) is 0 Å². The molecule has 0 heterocycles. The Labute approximate surface area is 119 Å². The molecule has 1 aromatic rings. The van der Waals surface area contributed by atoms with Crippen LogP contribution >= 0.6 is 0 Å². The van der Waals surface area contributed by atoms with Gasteiger partial charge in [0, 0.05) is 0 Å². The third kappa shape index (κ3) is 4.04. The maximum absolute atomic E-state index is 11.9. The summed E-state index contributed by atoms with van der Waals surface area (Å²) >= 11 is 0. The molecule has 106 valence electrons. The molecule has 0 fully saturated rings. The molecule has 0 aliphatic rings. The summed E-state index contributed by atoms with van der Waals surface area (Å²) in [5.41, 5.74) is 0.696. The minimum absolute atomic E-state index is 0.205. The summed E-state index contributed by atoms with van der Waals surface area (Å²) in [6.45, 7) is 16.3. The molecule has 0 aromatic heterocycles. The second kappa shape index (κ2) is 5.63. The molecule has 0 radical (unpaired) electrons. The molecule has 0 N–H and O–H groups in total. The van der Waals surface area contributed by atoms with E-state index >= 15 is 0 Å². The Morgan fingerprint density at radius 1 is 1.00 bits per heavy atom. The number of ether oxygens (including phenoxy) is 1. The highest BCUT2D eigenvalue weighted by Gasteiger charge is 2.28. The van der Waals surface area contributed by atoms with Gasteiger partial charge in [-0.15, -0.1) is 0 Å². The van der Waals surface area contributed by atoms with Crippen molar-refractivity contribution >= 4 is 32.5 Å². The quantitative estimate of drug-likeness (QED) is 0.630. The molecule has 0 aliphatic heterocycles. The van der Waals surface area contributed by atoms with Crippen LogP contribution in [0.3, 0.4) is 0 Å². The third-order valence-electron chi connectivity index (χ3n) is 3.15. The molecule has 1 aromatic carbocycles. The first-order valence-electron chi connectivity index (χ1n) is 6.89. The summed E-state index contributed by atoms with van der Waals surface area (Å²) in [7, 11) is -2.84. The molecular weight excluding hydrogens is 268 g/mol. The molecule has 0 saturated heterocycles. The smallest absolute Gasteiger partial charge is 0.338 e. The van der Waals surface area contributed by atoms with E-state index in [4.69, 9.17) is 4.74 Å². The topological polar surface area (TPSA) is 26.3 Å². The van der Waals surface area contributed by atoms with Crippen LogP contribution in [0.4, 0.5) is 0 Å². The Hall–Kier alpha value is -0.876. The second-order valence-corrected chi connectivity index (χ2v) is 17.1. The molecule has 4 heteroatoms. The Morgan fingerprint density at radius 3 is 1.95 bits per heavy atom. The van der Waals surface area contributed by atoms with E-state index in [0.717, 1.165) is 0 Å². The number of rotatable bonds is 4. The third-order valence-corrected chi connectivity index (χ3v) is 7.48. The van der Waals surface area contributed by atoms with Crippen LogP contribution in [0.5, 0.6) is 0 Å². The molecule has 0 amide bonds. The van der Waals surface area contributed by atoms with Gasteiger partial charge >= 0.3 is 5.97 Å². The lowest BCUT2D eigenvalue weighted by atomic mass is 10.2. The summed E-state index contributed by atoms with van der Waals surface area (Å²) in [5.74, 6) is -0.205. The van der Waals surface area contributed by atoms with E-state index in [1.807, 2.05) is 13.0 Å². The highest BCUT2D eigenvalue weighted by molar-refractivity contribution is 6.98. The van der Waals surface area contributed by atoms with Crippen molar-refractivity contribution < 1.29 is 9.53 Å². The van der Waals surface area contributed by atoms with Crippen molar-refractivity contribution in [1.29, 1.82) is 0 Å². The van der Waals surface area contributed by atoms with Crippen molar-refractivity contribution in [2.75, 3.05) is 6.61 Å².